The number of carbonyl (C=O) groups excluding carboxylic acids is 1. The highest BCUT2D eigenvalue weighted by atomic mass is 16.6. The van der Waals surface area contributed by atoms with Crippen molar-refractivity contribution in [2.45, 2.75) is 33.3 Å². The second kappa shape index (κ2) is 4.29. The molecule has 0 radical (unpaired) electrons. The molecule has 0 bridgehead atoms. The fourth-order valence-corrected chi connectivity index (χ4v) is 1.44. The lowest BCUT2D eigenvalue weighted by Crippen LogP contribution is -2.27. The molecule has 1 amide bonds. The molecule has 1 N–H and O–H groups in total. The van der Waals surface area contributed by atoms with Gasteiger partial charge in [0.1, 0.15) is 5.60 Å². The molecule has 0 spiro atoms. The number of hydrogen-bond donors (Lipinski definition) is 1. The summed E-state index contributed by atoms with van der Waals surface area (Å²) in [5, 5.41) is 6.74. The Balaban J connectivity index is 2.15. The Morgan fingerprint density at radius 1 is 1.44 bits per heavy atom. The highest BCUT2D eigenvalue weighted by molar-refractivity contribution is 5.84. The maximum atomic E-state index is 11.6. The van der Waals surface area contributed by atoms with Gasteiger partial charge in [0.2, 0.25) is 0 Å². The first kappa shape index (κ1) is 12.3. The highest BCUT2D eigenvalue weighted by Gasteiger charge is 2.17. The molecule has 18 heavy (non-hydrogen) atoms. The van der Waals surface area contributed by atoms with Gasteiger partial charge < -0.3 is 4.74 Å². The lowest BCUT2D eigenvalue weighted by molar-refractivity contribution is 0.0635. The van der Waals surface area contributed by atoms with Crippen LogP contribution in [0.25, 0.3) is 5.65 Å². The molecule has 0 saturated carbocycles. The molecular formula is C12H16N4O2. The van der Waals surface area contributed by atoms with Gasteiger partial charge in [-0.1, -0.05) is 0 Å². The lowest BCUT2D eigenvalue weighted by atomic mass is 10.2. The molecular weight excluding hydrogens is 232 g/mol. The van der Waals surface area contributed by atoms with Crippen molar-refractivity contribution in [3.8, 4) is 0 Å². The molecule has 2 aromatic rings. The minimum atomic E-state index is -0.530. The lowest BCUT2D eigenvalue weighted by Gasteiger charge is -2.18. The zero-order valence-electron chi connectivity index (χ0n) is 10.9. The number of nitrogens with one attached hydrogen (secondary N) is 1. The first-order valence-corrected chi connectivity index (χ1v) is 5.66. The van der Waals surface area contributed by atoms with E-state index in [2.05, 4.69) is 15.4 Å². The molecule has 2 aromatic heterocycles. The minimum Gasteiger partial charge on any atom is -0.444 e. The van der Waals surface area contributed by atoms with Crippen LogP contribution in [0.15, 0.2) is 18.3 Å². The molecule has 0 aromatic carbocycles. The summed E-state index contributed by atoms with van der Waals surface area (Å²) >= 11 is 0. The van der Waals surface area contributed by atoms with Crippen LogP contribution in [0, 0.1) is 6.92 Å². The van der Waals surface area contributed by atoms with E-state index in [0.29, 0.717) is 11.5 Å². The molecule has 2 rings (SSSR count). The molecule has 0 aliphatic rings. The third-order valence-electron chi connectivity index (χ3n) is 2.09. The van der Waals surface area contributed by atoms with E-state index < -0.39 is 11.7 Å². The fraction of sp³-hybridized carbons (Fsp3) is 0.417. The van der Waals surface area contributed by atoms with Gasteiger partial charge in [-0.05, 0) is 33.8 Å². The SMILES string of the molecule is Cc1ccn2nc(NC(=O)OC(C)(C)C)cc2n1. The third-order valence-corrected chi connectivity index (χ3v) is 2.09. The second-order valence-electron chi connectivity index (χ2n) is 5.03. The van der Waals surface area contributed by atoms with Crippen molar-refractivity contribution in [1.82, 2.24) is 14.6 Å². The molecule has 0 unspecified atom stereocenters. The quantitative estimate of drug-likeness (QED) is 0.841. The van der Waals surface area contributed by atoms with E-state index in [1.807, 2.05) is 13.0 Å². The van der Waals surface area contributed by atoms with Crippen LogP contribution in [0.2, 0.25) is 0 Å². The van der Waals surface area contributed by atoms with Crippen LogP contribution in [0.1, 0.15) is 26.5 Å². The number of amides is 1. The smallest absolute Gasteiger partial charge is 0.413 e. The molecule has 6 nitrogen and oxygen atoms in total. The average molecular weight is 248 g/mol. The van der Waals surface area contributed by atoms with Crippen LogP contribution in [0.3, 0.4) is 0 Å². The molecule has 6 heteroatoms. The first-order valence-electron chi connectivity index (χ1n) is 5.66. The first-order chi connectivity index (χ1) is 8.33. The topological polar surface area (TPSA) is 68.5 Å². The fourth-order valence-electron chi connectivity index (χ4n) is 1.44. The van der Waals surface area contributed by atoms with Crippen molar-refractivity contribution in [3.63, 3.8) is 0 Å². The minimum absolute atomic E-state index is 0.419. The summed E-state index contributed by atoms with van der Waals surface area (Å²) in [6.07, 6.45) is 1.26. The molecule has 0 fully saturated rings. The van der Waals surface area contributed by atoms with Crippen molar-refractivity contribution in [2.24, 2.45) is 0 Å². The van der Waals surface area contributed by atoms with E-state index in [1.54, 1.807) is 37.5 Å². The van der Waals surface area contributed by atoms with Crippen LogP contribution in [-0.2, 0) is 4.74 Å². The van der Waals surface area contributed by atoms with Gasteiger partial charge in [0.25, 0.3) is 0 Å². The Morgan fingerprint density at radius 2 is 2.17 bits per heavy atom. The predicted octanol–water partition coefficient (Wildman–Crippen LogP) is 2.38. The maximum Gasteiger partial charge on any atom is 0.413 e. The van der Waals surface area contributed by atoms with Crippen molar-refractivity contribution < 1.29 is 9.53 Å². The van der Waals surface area contributed by atoms with Crippen molar-refractivity contribution in [3.05, 3.63) is 24.0 Å². The molecule has 96 valence electrons. The van der Waals surface area contributed by atoms with Crippen LogP contribution < -0.4 is 5.32 Å². The van der Waals surface area contributed by atoms with E-state index in [-0.39, 0.29) is 0 Å². The third kappa shape index (κ3) is 2.97. The van der Waals surface area contributed by atoms with E-state index >= 15 is 0 Å². The van der Waals surface area contributed by atoms with Crippen LogP contribution >= 0.6 is 0 Å². The maximum absolute atomic E-state index is 11.6. The monoisotopic (exact) mass is 248 g/mol. The number of ether oxygens (including phenoxy) is 1. The van der Waals surface area contributed by atoms with Gasteiger partial charge in [-0.15, -0.1) is 5.10 Å². The summed E-state index contributed by atoms with van der Waals surface area (Å²) in [7, 11) is 0. The predicted molar refractivity (Wildman–Crippen MR) is 67.6 cm³/mol. The number of anilines is 1. The highest BCUT2D eigenvalue weighted by Crippen LogP contribution is 2.12. The van der Waals surface area contributed by atoms with E-state index in [1.165, 1.54) is 0 Å². The summed E-state index contributed by atoms with van der Waals surface area (Å²) < 4.78 is 6.74. The molecule has 0 aliphatic carbocycles. The zero-order chi connectivity index (χ0) is 13.3. The van der Waals surface area contributed by atoms with Crippen LogP contribution in [0.5, 0.6) is 0 Å². The summed E-state index contributed by atoms with van der Waals surface area (Å²) in [4.78, 5) is 15.9. The Hall–Kier alpha value is -2.11. The second-order valence-corrected chi connectivity index (χ2v) is 5.03. The molecule has 0 aliphatic heterocycles. The van der Waals surface area contributed by atoms with Gasteiger partial charge in [-0.3, -0.25) is 5.32 Å². The summed E-state index contributed by atoms with van der Waals surface area (Å²) in [5.41, 5.74) is 1.05. The number of aryl methyl sites for hydroxylation is 1. The van der Waals surface area contributed by atoms with Crippen LogP contribution in [-0.4, -0.2) is 26.3 Å². The number of fused-ring (bicyclic) bond motifs is 1. The number of hydrogen-bond acceptors (Lipinski definition) is 4. The van der Waals surface area contributed by atoms with Gasteiger partial charge in [0.15, 0.2) is 11.5 Å². The van der Waals surface area contributed by atoms with Gasteiger partial charge >= 0.3 is 6.09 Å². The normalized spacial score (nSPS) is 11.6. The van der Waals surface area contributed by atoms with Gasteiger partial charge in [-0.2, -0.15) is 0 Å². The number of carbonyl (C=O) groups is 1. The Morgan fingerprint density at radius 3 is 2.83 bits per heavy atom. The van der Waals surface area contributed by atoms with Gasteiger partial charge in [0.05, 0.1) is 0 Å². The summed E-state index contributed by atoms with van der Waals surface area (Å²) in [5.74, 6) is 0.419. The van der Waals surface area contributed by atoms with E-state index in [9.17, 15) is 4.79 Å². The van der Waals surface area contributed by atoms with Crippen LogP contribution in [0.4, 0.5) is 10.6 Å². The molecule has 0 saturated heterocycles. The Labute approximate surface area is 105 Å². The van der Waals surface area contributed by atoms with E-state index in [0.717, 1.165) is 5.69 Å². The number of aromatic nitrogens is 3. The summed E-state index contributed by atoms with van der Waals surface area (Å²) in [6, 6.07) is 3.54. The largest absolute Gasteiger partial charge is 0.444 e. The van der Waals surface area contributed by atoms with E-state index in [4.69, 9.17) is 4.74 Å². The average Bonchev–Trinajstić information content (AvgIpc) is 2.55. The zero-order valence-corrected chi connectivity index (χ0v) is 10.9. The standard InChI is InChI=1S/C12H16N4O2/c1-8-5-6-16-10(13-8)7-9(15-16)14-11(17)18-12(2,3)4/h5-7H,1-4H3,(H,14,15,17). The van der Waals surface area contributed by atoms with Crippen molar-refractivity contribution >= 4 is 17.6 Å². The number of nitrogens with zero attached hydrogens (tertiary/aromatic N) is 3. The van der Waals surface area contributed by atoms with Gasteiger partial charge in [-0.25, -0.2) is 14.3 Å². The van der Waals surface area contributed by atoms with Crippen molar-refractivity contribution in [1.29, 1.82) is 0 Å². The van der Waals surface area contributed by atoms with Crippen molar-refractivity contribution in [2.75, 3.05) is 5.32 Å². The summed E-state index contributed by atoms with van der Waals surface area (Å²) in [6.45, 7) is 7.32. The Kier molecular flexibility index (Phi) is 2.94. The molecule has 2 heterocycles. The van der Waals surface area contributed by atoms with Gasteiger partial charge in [0, 0.05) is 18.0 Å². The number of rotatable bonds is 1. The molecule has 0 atom stereocenters. The Bertz CT molecular complexity index is 583.